The molecule has 0 atom stereocenters. The minimum Gasteiger partial charge on any atom is -0.394 e. The molecule has 0 bridgehead atoms. The Morgan fingerprint density at radius 1 is 1.29 bits per heavy atom. The SMILES string of the molecule is Nc1cnn(-c2cccc(F)c2)c1F. The Hall–Kier alpha value is -1.91. The largest absolute Gasteiger partial charge is 0.394 e. The van der Waals surface area contributed by atoms with Gasteiger partial charge in [-0.15, -0.1) is 0 Å². The van der Waals surface area contributed by atoms with Crippen molar-refractivity contribution in [3.8, 4) is 5.69 Å². The van der Waals surface area contributed by atoms with E-state index >= 15 is 0 Å². The smallest absolute Gasteiger partial charge is 0.239 e. The average Bonchev–Trinajstić information content (AvgIpc) is 2.48. The van der Waals surface area contributed by atoms with E-state index in [1.165, 1.54) is 24.4 Å². The summed E-state index contributed by atoms with van der Waals surface area (Å²) in [6, 6.07) is 5.46. The molecule has 0 aliphatic carbocycles. The van der Waals surface area contributed by atoms with Gasteiger partial charge in [-0.3, -0.25) is 0 Å². The number of hydrogen-bond donors (Lipinski definition) is 1. The van der Waals surface area contributed by atoms with E-state index < -0.39 is 11.8 Å². The zero-order chi connectivity index (χ0) is 10.1. The van der Waals surface area contributed by atoms with Crippen molar-refractivity contribution in [1.29, 1.82) is 0 Å². The molecule has 0 spiro atoms. The van der Waals surface area contributed by atoms with Gasteiger partial charge in [0.1, 0.15) is 11.5 Å². The van der Waals surface area contributed by atoms with Crippen LogP contribution in [0.25, 0.3) is 5.69 Å². The van der Waals surface area contributed by atoms with Crippen LogP contribution >= 0.6 is 0 Å². The standard InChI is InChI=1S/C9H7F2N3/c10-6-2-1-3-7(4-6)14-9(11)8(12)5-13-14/h1-5H,12H2. The summed E-state index contributed by atoms with van der Waals surface area (Å²) in [4.78, 5) is 0. The predicted molar refractivity (Wildman–Crippen MR) is 47.9 cm³/mol. The van der Waals surface area contributed by atoms with Crippen molar-refractivity contribution in [1.82, 2.24) is 9.78 Å². The Kier molecular flexibility index (Phi) is 1.92. The fourth-order valence-corrected chi connectivity index (χ4v) is 1.13. The number of nitrogens with zero attached hydrogens (tertiary/aromatic N) is 2. The van der Waals surface area contributed by atoms with Crippen molar-refractivity contribution in [2.24, 2.45) is 0 Å². The highest BCUT2D eigenvalue weighted by molar-refractivity contribution is 5.39. The van der Waals surface area contributed by atoms with Gasteiger partial charge in [0.15, 0.2) is 0 Å². The summed E-state index contributed by atoms with van der Waals surface area (Å²) >= 11 is 0. The summed E-state index contributed by atoms with van der Waals surface area (Å²) in [6.45, 7) is 0. The first kappa shape index (κ1) is 8.68. The lowest BCUT2D eigenvalue weighted by Gasteiger charge is -2.01. The molecular formula is C9H7F2N3. The number of nitrogens with two attached hydrogens (primary N) is 1. The number of rotatable bonds is 1. The number of nitrogen functional groups attached to an aromatic ring is 1. The molecule has 2 aromatic rings. The first-order valence-electron chi connectivity index (χ1n) is 3.93. The molecule has 0 radical (unpaired) electrons. The lowest BCUT2D eigenvalue weighted by molar-refractivity contribution is 0.538. The van der Waals surface area contributed by atoms with Crippen molar-refractivity contribution in [2.45, 2.75) is 0 Å². The van der Waals surface area contributed by atoms with E-state index in [1.807, 2.05) is 0 Å². The van der Waals surface area contributed by atoms with E-state index in [9.17, 15) is 8.78 Å². The van der Waals surface area contributed by atoms with Crippen LogP contribution in [0.2, 0.25) is 0 Å². The molecular weight excluding hydrogens is 188 g/mol. The van der Waals surface area contributed by atoms with Crippen LogP contribution in [0, 0.1) is 11.8 Å². The molecule has 3 nitrogen and oxygen atoms in total. The summed E-state index contributed by atoms with van der Waals surface area (Å²) in [6.07, 6.45) is 1.18. The molecule has 0 amide bonds. The maximum atomic E-state index is 13.2. The molecule has 1 aromatic carbocycles. The summed E-state index contributed by atoms with van der Waals surface area (Å²) < 4.78 is 27.0. The van der Waals surface area contributed by atoms with Gasteiger partial charge < -0.3 is 5.73 Å². The monoisotopic (exact) mass is 195 g/mol. The van der Waals surface area contributed by atoms with Crippen LogP contribution in [0.15, 0.2) is 30.5 Å². The van der Waals surface area contributed by atoms with E-state index in [4.69, 9.17) is 5.73 Å². The van der Waals surface area contributed by atoms with Gasteiger partial charge in [-0.05, 0) is 18.2 Å². The Balaban J connectivity index is 2.55. The average molecular weight is 195 g/mol. The van der Waals surface area contributed by atoms with Crippen molar-refractivity contribution in [2.75, 3.05) is 5.73 Å². The number of aromatic nitrogens is 2. The minimum absolute atomic E-state index is 0.0609. The minimum atomic E-state index is -0.685. The Bertz CT molecular complexity index is 465. The predicted octanol–water partition coefficient (Wildman–Crippen LogP) is 1.73. The normalized spacial score (nSPS) is 10.4. The maximum absolute atomic E-state index is 13.2. The van der Waals surface area contributed by atoms with Crippen LogP contribution in [0.5, 0.6) is 0 Å². The number of benzene rings is 1. The van der Waals surface area contributed by atoms with Gasteiger partial charge >= 0.3 is 0 Å². The van der Waals surface area contributed by atoms with Crippen LogP contribution < -0.4 is 5.73 Å². The molecule has 0 unspecified atom stereocenters. The van der Waals surface area contributed by atoms with Crippen molar-refractivity contribution in [3.05, 3.63) is 42.2 Å². The zero-order valence-corrected chi connectivity index (χ0v) is 7.11. The molecule has 0 aliphatic heterocycles. The van der Waals surface area contributed by atoms with Crippen molar-refractivity contribution < 1.29 is 8.78 Å². The first-order valence-corrected chi connectivity index (χ1v) is 3.93. The Morgan fingerprint density at radius 3 is 2.64 bits per heavy atom. The van der Waals surface area contributed by atoms with Gasteiger partial charge in [0.25, 0.3) is 0 Å². The number of anilines is 1. The lowest BCUT2D eigenvalue weighted by Crippen LogP contribution is -2.00. The molecule has 2 N–H and O–H groups in total. The van der Waals surface area contributed by atoms with Crippen LogP contribution in [0.1, 0.15) is 0 Å². The Labute approximate surface area is 78.8 Å². The number of halogens is 2. The van der Waals surface area contributed by atoms with Gasteiger partial charge in [0.2, 0.25) is 5.95 Å². The van der Waals surface area contributed by atoms with Crippen LogP contribution in [-0.4, -0.2) is 9.78 Å². The third kappa shape index (κ3) is 1.32. The van der Waals surface area contributed by atoms with Gasteiger partial charge in [0.05, 0.1) is 11.9 Å². The molecule has 0 fully saturated rings. The molecule has 0 saturated carbocycles. The molecule has 1 aromatic heterocycles. The van der Waals surface area contributed by atoms with Gasteiger partial charge in [-0.1, -0.05) is 6.07 Å². The van der Waals surface area contributed by atoms with Crippen molar-refractivity contribution in [3.63, 3.8) is 0 Å². The fourth-order valence-electron chi connectivity index (χ4n) is 1.13. The summed E-state index contributed by atoms with van der Waals surface area (Å²) in [5.41, 5.74) is 5.51. The van der Waals surface area contributed by atoms with E-state index in [1.54, 1.807) is 6.07 Å². The van der Waals surface area contributed by atoms with Crippen molar-refractivity contribution >= 4 is 5.69 Å². The van der Waals surface area contributed by atoms with E-state index in [-0.39, 0.29) is 5.69 Å². The third-order valence-corrected chi connectivity index (χ3v) is 1.79. The molecule has 2 rings (SSSR count). The van der Waals surface area contributed by atoms with Gasteiger partial charge in [-0.25, -0.2) is 9.07 Å². The van der Waals surface area contributed by atoms with E-state index in [0.29, 0.717) is 5.69 Å². The van der Waals surface area contributed by atoms with E-state index in [0.717, 1.165) is 4.68 Å². The molecule has 0 aliphatic rings. The molecule has 0 saturated heterocycles. The Morgan fingerprint density at radius 2 is 2.07 bits per heavy atom. The molecule has 1 heterocycles. The second-order valence-electron chi connectivity index (χ2n) is 2.78. The lowest BCUT2D eigenvalue weighted by atomic mass is 10.3. The fraction of sp³-hybridized carbons (Fsp3) is 0. The highest BCUT2D eigenvalue weighted by Crippen LogP contribution is 2.15. The molecule has 72 valence electrons. The van der Waals surface area contributed by atoms with Gasteiger partial charge in [0, 0.05) is 0 Å². The maximum Gasteiger partial charge on any atom is 0.239 e. The quantitative estimate of drug-likeness (QED) is 0.753. The zero-order valence-electron chi connectivity index (χ0n) is 7.11. The van der Waals surface area contributed by atoms with Crippen LogP contribution in [0.4, 0.5) is 14.5 Å². The van der Waals surface area contributed by atoms with Crippen LogP contribution in [-0.2, 0) is 0 Å². The van der Waals surface area contributed by atoms with Crippen LogP contribution in [0.3, 0.4) is 0 Å². The second kappa shape index (κ2) is 3.10. The highest BCUT2D eigenvalue weighted by atomic mass is 19.1. The topological polar surface area (TPSA) is 43.8 Å². The molecule has 14 heavy (non-hydrogen) atoms. The first-order chi connectivity index (χ1) is 6.68. The van der Waals surface area contributed by atoms with E-state index in [2.05, 4.69) is 5.10 Å². The molecule has 5 heteroatoms. The second-order valence-corrected chi connectivity index (χ2v) is 2.78. The summed E-state index contributed by atoms with van der Waals surface area (Å²) in [5, 5.41) is 3.68. The summed E-state index contributed by atoms with van der Waals surface area (Å²) in [7, 11) is 0. The third-order valence-electron chi connectivity index (χ3n) is 1.79. The highest BCUT2D eigenvalue weighted by Gasteiger charge is 2.08. The number of hydrogen-bond acceptors (Lipinski definition) is 2. The van der Waals surface area contributed by atoms with Gasteiger partial charge in [-0.2, -0.15) is 9.49 Å². The summed E-state index contributed by atoms with van der Waals surface area (Å²) in [5.74, 6) is -1.13.